The zero-order chi connectivity index (χ0) is 17.3. The molecule has 2 N–H and O–H groups in total. The molecular weight excluding hydrogens is 306 g/mol. The smallest absolute Gasteiger partial charge is 0.273 e. The minimum Gasteiger partial charge on any atom is -0.360 e. The van der Waals surface area contributed by atoms with E-state index in [0.29, 0.717) is 11.7 Å². The van der Waals surface area contributed by atoms with Crippen LogP contribution in [0.3, 0.4) is 0 Å². The molecule has 0 fully saturated rings. The lowest BCUT2D eigenvalue weighted by atomic mass is 9.91. The number of aromatic nitrogens is 3. The topological polar surface area (TPSA) is 85.0 Å². The standard InChI is InChI=1S/C17H25N5O2/c1-10(2)20-17(23)16-14-7-13(5-6-15(14)24-21-16)18-8-12-9-19-22(4)11(12)3/h9-10,13,18H,5-8H2,1-4H3,(H,20,23). The van der Waals surface area contributed by atoms with Gasteiger partial charge in [-0.05, 0) is 33.6 Å². The SMILES string of the molecule is Cc1c(CNC2CCc3onc(C(=O)NC(C)C)c3C2)cnn1C. The molecule has 0 spiro atoms. The highest BCUT2D eigenvalue weighted by Gasteiger charge is 2.28. The third-order valence-corrected chi connectivity index (χ3v) is 4.59. The summed E-state index contributed by atoms with van der Waals surface area (Å²) < 4.78 is 7.25. The van der Waals surface area contributed by atoms with Gasteiger partial charge in [-0.2, -0.15) is 5.10 Å². The number of hydrogen-bond donors (Lipinski definition) is 2. The maximum absolute atomic E-state index is 12.3. The van der Waals surface area contributed by atoms with Crippen LogP contribution in [0.1, 0.15) is 53.3 Å². The highest BCUT2D eigenvalue weighted by Crippen LogP contribution is 2.25. The first-order chi connectivity index (χ1) is 11.5. The lowest BCUT2D eigenvalue weighted by molar-refractivity contribution is 0.0933. The van der Waals surface area contributed by atoms with Gasteiger partial charge >= 0.3 is 0 Å². The predicted octanol–water partition coefficient (Wildman–Crippen LogP) is 1.50. The van der Waals surface area contributed by atoms with Crippen LogP contribution in [0.15, 0.2) is 10.7 Å². The fourth-order valence-electron chi connectivity index (χ4n) is 3.06. The first-order valence-electron chi connectivity index (χ1n) is 8.44. The van der Waals surface area contributed by atoms with E-state index in [9.17, 15) is 4.79 Å². The molecule has 1 aliphatic rings. The van der Waals surface area contributed by atoms with Gasteiger partial charge in [0, 0.05) is 48.9 Å². The molecule has 7 nitrogen and oxygen atoms in total. The van der Waals surface area contributed by atoms with E-state index in [1.807, 2.05) is 31.8 Å². The average Bonchev–Trinajstić information content (AvgIpc) is 3.09. The molecule has 2 aromatic rings. The summed E-state index contributed by atoms with van der Waals surface area (Å²) in [6, 6.07) is 0.387. The van der Waals surface area contributed by atoms with Crippen molar-refractivity contribution in [2.24, 2.45) is 7.05 Å². The molecule has 0 aliphatic heterocycles. The van der Waals surface area contributed by atoms with Crippen molar-refractivity contribution >= 4 is 5.91 Å². The van der Waals surface area contributed by atoms with Crippen molar-refractivity contribution in [2.45, 2.75) is 58.7 Å². The molecule has 0 aromatic carbocycles. The highest BCUT2D eigenvalue weighted by atomic mass is 16.5. The first-order valence-corrected chi connectivity index (χ1v) is 8.44. The van der Waals surface area contributed by atoms with Crippen molar-refractivity contribution in [1.82, 2.24) is 25.6 Å². The molecule has 1 amide bonds. The van der Waals surface area contributed by atoms with Crippen LogP contribution in [0.25, 0.3) is 0 Å². The molecule has 1 atom stereocenters. The average molecular weight is 331 g/mol. The van der Waals surface area contributed by atoms with Crippen LogP contribution in [0.4, 0.5) is 0 Å². The normalized spacial score (nSPS) is 17.1. The summed E-state index contributed by atoms with van der Waals surface area (Å²) in [5.41, 5.74) is 3.75. The van der Waals surface area contributed by atoms with E-state index >= 15 is 0 Å². The second kappa shape index (κ2) is 6.76. The summed E-state index contributed by atoms with van der Waals surface area (Å²) in [7, 11) is 1.95. The molecule has 130 valence electrons. The zero-order valence-corrected chi connectivity index (χ0v) is 14.7. The van der Waals surface area contributed by atoms with Gasteiger partial charge in [0.05, 0.1) is 6.20 Å². The monoisotopic (exact) mass is 331 g/mol. The van der Waals surface area contributed by atoms with E-state index in [0.717, 1.165) is 37.1 Å². The number of fused-ring (bicyclic) bond motifs is 1. The predicted molar refractivity (Wildman–Crippen MR) is 89.7 cm³/mol. The van der Waals surface area contributed by atoms with Crippen LogP contribution < -0.4 is 10.6 Å². The summed E-state index contributed by atoms with van der Waals surface area (Å²) in [5, 5.41) is 14.7. The molecule has 2 aromatic heterocycles. The Hall–Kier alpha value is -2.15. The van der Waals surface area contributed by atoms with Crippen LogP contribution in [0, 0.1) is 6.92 Å². The van der Waals surface area contributed by atoms with Crippen LogP contribution >= 0.6 is 0 Å². The van der Waals surface area contributed by atoms with Gasteiger partial charge < -0.3 is 15.2 Å². The van der Waals surface area contributed by atoms with Gasteiger partial charge in [0.25, 0.3) is 5.91 Å². The summed E-state index contributed by atoms with van der Waals surface area (Å²) in [6.07, 6.45) is 4.45. The van der Waals surface area contributed by atoms with Crippen LogP contribution in [-0.4, -0.2) is 32.9 Å². The number of rotatable bonds is 5. The number of carbonyl (C=O) groups excluding carboxylic acids is 1. The third-order valence-electron chi connectivity index (χ3n) is 4.59. The van der Waals surface area contributed by atoms with Gasteiger partial charge in [-0.25, -0.2) is 0 Å². The number of aryl methyl sites for hydroxylation is 2. The number of hydrogen-bond acceptors (Lipinski definition) is 5. The van der Waals surface area contributed by atoms with E-state index in [1.54, 1.807) is 0 Å². The van der Waals surface area contributed by atoms with Gasteiger partial charge in [0.15, 0.2) is 5.69 Å². The van der Waals surface area contributed by atoms with E-state index in [-0.39, 0.29) is 11.9 Å². The molecule has 24 heavy (non-hydrogen) atoms. The molecule has 0 saturated heterocycles. The van der Waals surface area contributed by atoms with Gasteiger partial charge in [-0.15, -0.1) is 0 Å². The summed E-state index contributed by atoms with van der Waals surface area (Å²) in [6.45, 7) is 6.71. The largest absolute Gasteiger partial charge is 0.360 e. The van der Waals surface area contributed by atoms with E-state index in [1.165, 1.54) is 11.3 Å². The van der Waals surface area contributed by atoms with Crippen LogP contribution in [0.2, 0.25) is 0 Å². The van der Waals surface area contributed by atoms with E-state index < -0.39 is 0 Å². The van der Waals surface area contributed by atoms with Gasteiger partial charge in [0.1, 0.15) is 5.76 Å². The zero-order valence-electron chi connectivity index (χ0n) is 14.7. The van der Waals surface area contributed by atoms with Gasteiger partial charge in [-0.1, -0.05) is 5.16 Å². The van der Waals surface area contributed by atoms with Crippen molar-refractivity contribution in [2.75, 3.05) is 0 Å². The quantitative estimate of drug-likeness (QED) is 0.867. The minimum atomic E-state index is -0.154. The summed E-state index contributed by atoms with van der Waals surface area (Å²) in [4.78, 5) is 12.3. The molecule has 7 heteroatoms. The molecule has 2 heterocycles. The van der Waals surface area contributed by atoms with Crippen LogP contribution in [-0.2, 0) is 26.4 Å². The first kappa shape index (κ1) is 16.7. The second-order valence-electron chi connectivity index (χ2n) is 6.76. The number of amides is 1. The van der Waals surface area contributed by atoms with E-state index in [2.05, 4.69) is 27.8 Å². The van der Waals surface area contributed by atoms with E-state index in [4.69, 9.17) is 4.52 Å². The Labute approximate surface area is 141 Å². The van der Waals surface area contributed by atoms with Crippen molar-refractivity contribution in [1.29, 1.82) is 0 Å². The maximum Gasteiger partial charge on any atom is 0.273 e. The highest BCUT2D eigenvalue weighted by molar-refractivity contribution is 5.94. The Morgan fingerprint density at radius 1 is 1.50 bits per heavy atom. The molecular formula is C17H25N5O2. The Morgan fingerprint density at radius 3 is 2.96 bits per heavy atom. The number of nitrogens with one attached hydrogen (secondary N) is 2. The maximum atomic E-state index is 12.3. The Kier molecular flexibility index (Phi) is 4.71. The lowest BCUT2D eigenvalue weighted by Crippen LogP contribution is -2.36. The fraction of sp³-hybridized carbons (Fsp3) is 0.588. The Morgan fingerprint density at radius 2 is 2.29 bits per heavy atom. The fourth-order valence-corrected chi connectivity index (χ4v) is 3.06. The summed E-state index contributed by atoms with van der Waals surface area (Å²) in [5.74, 6) is 0.693. The number of carbonyl (C=O) groups is 1. The molecule has 3 rings (SSSR count). The molecule has 0 saturated carbocycles. The number of nitrogens with zero attached hydrogens (tertiary/aromatic N) is 3. The van der Waals surface area contributed by atoms with Crippen molar-refractivity contribution < 1.29 is 9.32 Å². The van der Waals surface area contributed by atoms with Crippen molar-refractivity contribution in [3.63, 3.8) is 0 Å². The Bertz CT molecular complexity index is 731. The van der Waals surface area contributed by atoms with Gasteiger partial charge in [0.2, 0.25) is 0 Å². The molecule has 1 aliphatic carbocycles. The lowest BCUT2D eigenvalue weighted by Gasteiger charge is -2.22. The van der Waals surface area contributed by atoms with Gasteiger partial charge in [-0.3, -0.25) is 9.48 Å². The molecule has 0 bridgehead atoms. The second-order valence-corrected chi connectivity index (χ2v) is 6.76. The van der Waals surface area contributed by atoms with Crippen molar-refractivity contribution in [3.8, 4) is 0 Å². The molecule has 0 radical (unpaired) electrons. The van der Waals surface area contributed by atoms with Crippen LogP contribution in [0.5, 0.6) is 0 Å². The minimum absolute atomic E-state index is 0.0796. The molecule has 1 unspecified atom stereocenters. The van der Waals surface area contributed by atoms with Crippen molar-refractivity contribution in [3.05, 3.63) is 34.5 Å². The third kappa shape index (κ3) is 3.36. The Balaban J connectivity index is 1.66. The summed E-state index contributed by atoms with van der Waals surface area (Å²) >= 11 is 0.